The Labute approximate surface area is 853 Å². The Bertz CT molecular complexity index is 5940. The molecule has 51 heteroatoms. The van der Waals surface area contributed by atoms with Gasteiger partial charge in [0, 0.05) is 44.2 Å². The van der Waals surface area contributed by atoms with Crippen molar-refractivity contribution in [2.24, 2.45) is 0 Å². The predicted octanol–water partition coefficient (Wildman–Crippen LogP) is 29.4. The summed E-state index contributed by atoms with van der Waals surface area (Å²) in [6.45, 7) is 1.60. The van der Waals surface area contributed by atoms with Gasteiger partial charge in [-0.3, -0.25) is 4.79 Å². The fourth-order valence-corrected chi connectivity index (χ4v) is 13.0. The van der Waals surface area contributed by atoms with E-state index in [2.05, 4.69) is 74.8 Å². The van der Waals surface area contributed by atoms with Crippen LogP contribution in [-0.4, -0.2) is 109 Å². The van der Waals surface area contributed by atoms with E-state index >= 15 is 0 Å². The van der Waals surface area contributed by atoms with E-state index in [9.17, 15) is 4.79 Å². The van der Waals surface area contributed by atoms with Gasteiger partial charge < -0.3 is 23.7 Å². The standard InChI is InChI=1S/C18H11Cl6N3O2.C16H9Cl6N3O.C15H7Cl6N3.C12H5Cl6N3O2.C12H7Cl6N3O/c1-8(28)9-3-4-10-12(7-9)11(5-6-13(10)29-2)14-25-15(17(19,20)21)27-16(26-14)18(22,23)24;1-26-11-7-6-10(8-4-2-3-5-9(8)11)12-23-13(15(17,18)19)25-14(24-12)16(20,21)22;16-14(17,18)12-22-11(23-13(24-12)15(19,20)21)10-6-5-8-3-1-2-4-9(8)7-10;13-11(14,15)9-19-8(20-10(21-9)12(16,17)18)5-1-2-6-7(3-5)23-4-22-6;1-22-7-4-2-6(3-5-7)8-19-9(11(13,14)15)21-10(20-8)12(16,17)18/h3-7H,1-2H3;2-7H,1H3;1-7H;1-3H,4H2;2-5H,1H3. The number of fused-ring (bicyclic) bond motifs is 4. The van der Waals surface area contributed by atoms with E-state index in [1.54, 1.807) is 99.1 Å². The lowest BCUT2D eigenvalue weighted by molar-refractivity contribution is 0.101. The molecule has 1 aliphatic heterocycles. The van der Waals surface area contributed by atoms with E-state index in [1.807, 2.05) is 66.7 Å². The van der Waals surface area contributed by atoms with Crippen molar-refractivity contribution in [3.05, 3.63) is 215 Å². The Morgan fingerprint density at radius 2 is 0.581 bits per heavy atom. The van der Waals surface area contributed by atoms with Crippen LogP contribution in [0, 0.1) is 0 Å². The summed E-state index contributed by atoms with van der Waals surface area (Å²) < 4.78 is 7.34. The van der Waals surface area contributed by atoms with Crippen LogP contribution in [0.15, 0.2) is 152 Å². The number of Topliss-reactive ketones (excluding diaryl/α,β-unsaturated/α-hetero) is 1. The van der Waals surface area contributed by atoms with Crippen LogP contribution < -0.4 is 23.7 Å². The quantitative estimate of drug-likeness (QED) is 0.0961. The molecule has 6 heterocycles. The number of hydrogen-bond donors (Lipinski definition) is 0. The third kappa shape index (κ3) is 27.4. The predicted molar refractivity (Wildman–Crippen MR) is 507 cm³/mol. The van der Waals surface area contributed by atoms with E-state index in [0.29, 0.717) is 67.5 Å². The van der Waals surface area contributed by atoms with Gasteiger partial charge in [-0.1, -0.05) is 415 Å². The number of alkyl halides is 30. The average Bonchev–Trinajstić information content (AvgIpc) is 0.906. The number of ketones is 1. The smallest absolute Gasteiger partial charge is 0.250 e. The number of carbonyl (C=O) groups excluding carboxylic acids is 1. The molecule has 0 aliphatic carbocycles. The molecule has 14 rings (SSSR count). The van der Waals surface area contributed by atoms with E-state index < -0.39 is 37.9 Å². The molecule has 0 amide bonds. The molecule has 5 aromatic heterocycles. The second-order valence-electron chi connectivity index (χ2n) is 24.4. The van der Waals surface area contributed by atoms with Crippen LogP contribution in [0.5, 0.6) is 28.7 Å². The summed E-state index contributed by atoms with van der Waals surface area (Å²) in [4.78, 5) is 73.5. The van der Waals surface area contributed by atoms with Crippen LogP contribution in [-0.2, 0) is 37.9 Å². The van der Waals surface area contributed by atoms with Crippen molar-refractivity contribution in [2.75, 3.05) is 28.1 Å². The molecule has 1 aliphatic rings. The second kappa shape index (κ2) is 41.6. The molecule has 13 aromatic rings. The van der Waals surface area contributed by atoms with Crippen molar-refractivity contribution in [1.82, 2.24) is 74.8 Å². The van der Waals surface area contributed by atoms with Crippen LogP contribution in [0.3, 0.4) is 0 Å². The van der Waals surface area contributed by atoms with Crippen LogP contribution >= 0.6 is 348 Å². The molecule has 0 bridgehead atoms. The fraction of sp³-hybridized carbons (Fsp3) is 0.205. The topological polar surface area (TPSA) is 257 Å². The Morgan fingerprint density at radius 3 is 0.944 bits per heavy atom. The summed E-state index contributed by atoms with van der Waals surface area (Å²) in [5.41, 5.74) is 3.51. The van der Waals surface area contributed by atoms with Gasteiger partial charge in [0.05, 0.1) is 21.3 Å². The summed E-state index contributed by atoms with van der Waals surface area (Å²) in [6, 6.07) is 45.2. The number of hydrogen-bond acceptors (Lipinski definition) is 21. The first-order valence-electron chi connectivity index (χ1n) is 33.2. The average molecular weight is 2290 g/mol. The molecular weight excluding hydrogens is 2250 g/mol. The molecule has 0 atom stereocenters. The van der Waals surface area contributed by atoms with E-state index in [1.165, 1.54) is 14.0 Å². The van der Waals surface area contributed by atoms with Crippen LogP contribution in [0.1, 0.15) is 75.5 Å². The highest BCUT2D eigenvalue weighted by atomic mass is 35.6. The number of aromatic nitrogens is 15. The minimum atomic E-state index is -1.98. The van der Waals surface area contributed by atoms with Crippen molar-refractivity contribution in [2.45, 2.75) is 44.8 Å². The number of ether oxygens (including phenoxy) is 5. The van der Waals surface area contributed by atoms with Crippen LogP contribution in [0.2, 0.25) is 0 Å². The zero-order chi connectivity index (χ0) is 91.6. The van der Waals surface area contributed by atoms with E-state index in [-0.39, 0.29) is 99.9 Å². The van der Waals surface area contributed by atoms with Gasteiger partial charge in [-0.25, -0.2) is 74.8 Å². The summed E-state index contributed by atoms with van der Waals surface area (Å²) in [5, 5.41) is 5.11. The highest BCUT2D eigenvalue weighted by Crippen LogP contribution is 2.49. The Morgan fingerprint density at radius 1 is 0.274 bits per heavy atom. The zero-order valence-electron chi connectivity index (χ0n) is 61.1. The van der Waals surface area contributed by atoms with Crippen molar-refractivity contribution in [1.29, 1.82) is 0 Å². The lowest BCUT2D eigenvalue weighted by atomic mass is 9.99. The molecule has 8 aromatic carbocycles. The SMILES string of the molecule is COc1ccc(-c2nc(C(Cl)(Cl)Cl)nc(C(Cl)(Cl)Cl)n2)c2cc(C(C)=O)ccc12.COc1ccc(-c2nc(C(Cl)(Cl)Cl)nc(C(Cl)(Cl)Cl)n2)c2ccccc12.COc1ccc(-c2nc(C(Cl)(Cl)Cl)nc(C(Cl)(Cl)Cl)n2)cc1.ClC(Cl)(Cl)c1nc(-c2ccc3c(c2)OCO3)nc(C(Cl)(Cl)Cl)n1.ClC(Cl)(Cl)c1nc(-c2ccc3ccccc3c2)nc(C(Cl)(Cl)Cl)n1. The molecule has 0 radical (unpaired) electrons. The highest BCUT2D eigenvalue weighted by Gasteiger charge is 2.40. The van der Waals surface area contributed by atoms with Crippen molar-refractivity contribution >= 4 is 386 Å². The van der Waals surface area contributed by atoms with Gasteiger partial charge in [0.25, 0.3) is 0 Å². The second-order valence-corrected chi connectivity index (χ2v) is 47.2. The molecule has 0 saturated carbocycles. The van der Waals surface area contributed by atoms with Gasteiger partial charge in [-0.05, 0) is 113 Å². The molecule has 0 fully saturated rings. The highest BCUT2D eigenvalue weighted by molar-refractivity contribution is 6.71. The molecule has 21 nitrogen and oxygen atoms in total. The van der Waals surface area contributed by atoms with Crippen molar-refractivity contribution in [3.63, 3.8) is 0 Å². The first-order valence-corrected chi connectivity index (χ1v) is 44.5. The zero-order valence-corrected chi connectivity index (χ0v) is 83.8. The Hall–Kier alpha value is -3.04. The molecule has 0 spiro atoms. The summed E-state index contributed by atoms with van der Waals surface area (Å²) in [5.74, 6) is 2.38. The summed E-state index contributed by atoms with van der Waals surface area (Å²) in [6.07, 6.45) is 0. The third-order valence-corrected chi connectivity index (χ3v) is 21.0. The van der Waals surface area contributed by atoms with Gasteiger partial charge >= 0.3 is 0 Å². The number of nitrogens with zero attached hydrogens (tertiary/aromatic N) is 15. The first kappa shape index (κ1) is 103. The van der Waals surface area contributed by atoms with Gasteiger partial charge in [0.1, 0.15) is 17.2 Å². The van der Waals surface area contributed by atoms with Crippen molar-refractivity contribution < 1.29 is 28.5 Å². The van der Waals surface area contributed by atoms with Crippen LogP contribution in [0.4, 0.5) is 0 Å². The maximum Gasteiger partial charge on any atom is 0.250 e. The van der Waals surface area contributed by atoms with E-state index in [4.69, 9.17) is 372 Å². The van der Waals surface area contributed by atoms with Gasteiger partial charge in [0.15, 0.2) is 105 Å². The van der Waals surface area contributed by atoms with Crippen molar-refractivity contribution in [3.8, 4) is 85.7 Å². The Balaban J connectivity index is 0.000000163. The molecular formula is C73H39Cl30N15O6. The number of carbonyl (C=O) groups is 1. The monoisotopic (exact) mass is 2270 g/mol. The normalized spacial score (nSPS) is 12.7. The summed E-state index contributed by atoms with van der Waals surface area (Å²) in [7, 11) is 4.68. The minimum absolute atomic E-state index is 0.107. The maximum absolute atomic E-state index is 11.9. The summed E-state index contributed by atoms with van der Waals surface area (Å²) >= 11 is 177. The maximum atomic E-state index is 11.9. The number of methoxy groups -OCH3 is 3. The fourth-order valence-electron chi connectivity index (χ4n) is 10.4. The van der Waals surface area contributed by atoms with Gasteiger partial charge in [-0.2, -0.15) is 0 Å². The molecule has 0 unspecified atom stereocenters. The lowest BCUT2D eigenvalue weighted by Crippen LogP contribution is -2.16. The molecule has 0 N–H and O–H groups in total. The van der Waals surface area contributed by atoms with E-state index in [0.717, 1.165) is 26.9 Å². The third-order valence-electron chi connectivity index (χ3n) is 15.9. The lowest BCUT2D eigenvalue weighted by Gasteiger charge is -2.17. The van der Waals surface area contributed by atoms with Gasteiger partial charge in [-0.15, -0.1) is 0 Å². The molecule has 124 heavy (non-hydrogen) atoms. The largest absolute Gasteiger partial charge is 0.497 e. The Kier molecular flexibility index (Phi) is 34.6. The molecule has 652 valence electrons. The molecule has 0 saturated heterocycles. The number of benzene rings is 8. The first-order chi connectivity index (χ1) is 57.4. The van der Waals surface area contributed by atoms with Gasteiger partial charge in [0.2, 0.25) is 44.7 Å². The number of rotatable bonds is 9. The van der Waals surface area contributed by atoms with Crippen LogP contribution in [0.25, 0.3) is 89.3 Å². The minimum Gasteiger partial charge on any atom is -0.497 e. The number of halogens is 30.